The lowest BCUT2D eigenvalue weighted by Crippen LogP contribution is -2.10. The fraction of sp³-hybridized carbons (Fsp3) is 0.571. The Morgan fingerprint density at radius 3 is 2.53 bits per heavy atom. The van der Waals surface area contributed by atoms with Gasteiger partial charge in [-0.25, -0.2) is 4.39 Å². The van der Waals surface area contributed by atoms with Crippen molar-refractivity contribution in [2.45, 2.75) is 26.2 Å². The Morgan fingerprint density at radius 2 is 1.94 bits per heavy atom. The van der Waals surface area contributed by atoms with Crippen LogP contribution in [0.15, 0.2) is 24.3 Å². The molecule has 1 aromatic rings. The van der Waals surface area contributed by atoms with E-state index in [0.29, 0.717) is 11.8 Å². The minimum Gasteiger partial charge on any atom is -0.381 e. The van der Waals surface area contributed by atoms with E-state index in [1.807, 2.05) is 12.1 Å². The maximum atomic E-state index is 12.7. The number of benzene rings is 1. The molecule has 1 nitrogen and oxygen atoms in total. The molecule has 0 aliphatic heterocycles. The lowest BCUT2D eigenvalue weighted by Gasteiger charge is -2.13. The van der Waals surface area contributed by atoms with Gasteiger partial charge in [0.25, 0.3) is 0 Å². The molecule has 0 aliphatic carbocycles. The molecule has 1 rings (SSSR count). The van der Waals surface area contributed by atoms with E-state index < -0.39 is 0 Å². The van der Waals surface area contributed by atoms with Crippen LogP contribution < -0.4 is 0 Å². The van der Waals surface area contributed by atoms with Gasteiger partial charge in [-0.05, 0) is 42.9 Å². The van der Waals surface area contributed by atoms with Crippen molar-refractivity contribution in [3.05, 3.63) is 35.6 Å². The fourth-order valence-corrected chi connectivity index (χ4v) is 1.95. The van der Waals surface area contributed by atoms with Crippen LogP contribution in [0.2, 0.25) is 0 Å². The van der Waals surface area contributed by atoms with Crippen LogP contribution in [0.25, 0.3) is 0 Å². The van der Waals surface area contributed by atoms with Gasteiger partial charge in [-0.15, -0.1) is 11.6 Å². The molecule has 17 heavy (non-hydrogen) atoms. The summed E-state index contributed by atoms with van der Waals surface area (Å²) in [5.41, 5.74) is 1.13. The molecule has 3 heteroatoms. The molecule has 0 aliphatic rings. The van der Waals surface area contributed by atoms with Gasteiger partial charge < -0.3 is 4.74 Å². The molecule has 1 unspecified atom stereocenters. The van der Waals surface area contributed by atoms with E-state index in [1.54, 1.807) is 0 Å². The topological polar surface area (TPSA) is 9.23 Å². The highest BCUT2D eigenvalue weighted by Crippen LogP contribution is 2.15. The monoisotopic (exact) mass is 258 g/mol. The highest BCUT2D eigenvalue weighted by Gasteiger charge is 2.08. The van der Waals surface area contributed by atoms with E-state index in [4.69, 9.17) is 16.3 Å². The summed E-state index contributed by atoms with van der Waals surface area (Å²) in [6.45, 7) is 3.66. The Kier molecular flexibility index (Phi) is 7.22. The van der Waals surface area contributed by atoms with E-state index in [2.05, 4.69) is 6.92 Å². The van der Waals surface area contributed by atoms with Gasteiger partial charge in [0, 0.05) is 19.1 Å². The number of halogens is 2. The second kappa shape index (κ2) is 8.48. The van der Waals surface area contributed by atoms with E-state index in [-0.39, 0.29) is 5.82 Å². The first-order chi connectivity index (χ1) is 8.26. The molecule has 1 aromatic carbocycles. The first-order valence-corrected chi connectivity index (χ1v) is 6.67. The number of rotatable bonds is 8. The number of ether oxygens (including phenoxy) is 1. The second-order valence-electron chi connectivity index (χ2n) is 4.25. The highest BCUT2D eigenvalue weighted by molar-refractivity contribution is 6.18. The summed E-state index contributed by atoms with van der Waals surface area (Å²) in [5.74, 6) is 0.828. The minimum atomic E-state index is -0.192. The summed E-state index contributed by atoms with van der Waals surface area (Å²) in [6, 6.07) is 6.63. The Bertz CT molecular complexity index is 300. The van der Waals surface area contributed by atoms with Crippen molar-refractivity contribution in [3.8, 4) is 0 Å². The molecular weight excluding hydrogens is 239 g/mol. The quantitative estimate of drug-likeness (QED) is 0.505. The number of hydrogen-bond donors (Lipinski definition) is 0. The van der Waals surface area contributed by atoms with Crippen LogP contribution in [0, 0.1) is 11.7 Å². The van der Waals surface area contributed by atoms with Crippen LogP contribution in [0.3, 0.4) is 0 Å². The molecule has 0 bridgehead atoms. The van der Waals surface area contributed by atoms with Gasteiger partial charge >= 0.3 is 0 Å². The summed E-state index contributed by atoms with van der Waals surface area (Å²) in [5, 5.41) is 0. The van der Waals surface area contributed by atoms with E-state index >= 15 is 0 Å². The normalized spacial score (nSPS) is 12.6. The van der Waals surface area contributed by atoms with Crippen molar-refractivity contribution in [3.63, 3.8) is 0 Å². The van der Waals surface area contributed by atoms with Gasteiger partial charge in [-0.2, -0.15) is 0 Å². The maximum Gasteiger partial charge on any atom is 0.123 e. The molecule has 0 radical (unpaired) electrons. The standard InChI is InChI=1S/C14H20ClFO/c1-2-8-17-9-7-13(11-15)10-12-3-5-14(16)6-4-12/h3-6,13H,2,7-11H2,1H3. The van der Waals surface area contributed by atoms with Crippen molar-refractivity contribution < 1.29 is 9.13 Å². The molecule has 0 N–H and O–H groups in total. The van der Waals surface area contributed by atoms with E-state index in [1.165, 1.54) is 12.1 Å². The summed E-state index contributed by atoms with van der Waals surface area (Å²) >= 11 is 5.93. The predicted molar refractivity (Wildman–Crippen MR) is 70.0 cm³/mol. The Balaban J connectivity index is 2.33. The summed E-state index contributed by atoms with van der Waals surface area (Å²) in [7, 11) is 0. The zero-order chi connectivity index (χ0) is 12.5. The fourth-order valence-electron chi connectivity index (χ4n) is 1.68. The molecule has 0 saturated carbocycles. The first kappa shape index (κ1) is 14.5. The zero-order valence-corrected chi connectivity index (χ0v) is 11.0. The van der Waals surface area contributed by atoms with Crippen molar-refractivity contribution >= 4 is 11.6 Å². The van der Waals surface area contributed by atoms with E-state index in [0.717, 1.165) is 38.0 Å². The van der Waals surface area contributed by atoms with Crippen molar-refractivity contribution in [2.24, 2.45) is 5.92 Å². The SMILES string of the molecule is CCCOCCC(CCl)Cc1ccc(F)cc1. The van der Waals surface area contributed by atoms with Gasteiger partial charge in [0.05, 0.1) is 0 Å². The van der Waals surface area contributed by atoms with Crippen molar-refractivity contribution in [1.29, 1.82) is 0 Å². The lowest BCUT2D eigenvalue weighted by molar-refractivity contribution is 0.122. The molecule has 0 heterocycles. The van der Waals surface area contributed by atoms with Gasteiger partial charge in [0.15, 0.2) is 0 Å². The molecule has 0 aromatic heterocycles. The first-order valence-electron chi connectivity index (χ1n) is 6.14. The Morgan fingerprint density at radius 1 is 1.24 bits per heavy atom. The van der Waals surface area contributed by atoms with Crippen LogP contribution in [-0.4, -0.2) is 19.1 Å². The van der Waals surface area contributed by atoms with E-state index in [9.17, 15) is 4.39 Å². The minimum absolute atomic E-state index is 0.192. The van der Waals surface area contributed by atoms with Crippen LogP contribution >= 0.6 is 11.6 Å². The smallest absolute Gasteiger partial charge is 0.123 e. The summed E-state index contributed by atoms with van der Waals surface area (Å²) in [4.78, 5) is 0. The Labute approximate surface area is 108 Å². The molecule has 0 amide bonds. The number of hydrogen-bond acceptors (Lipinski definition) is 1. The molecule has 1 atom stereocenters. The third-order valence-electron chi connectivity index (χ3n) is 2.67. The van der Waals surface area contributed by atoms with Gasteiger partial charge in [-0.1, -0.05) is 19.1 Å². The second-order valence-corrected chi connectivity index (χ2v) is 4.56. The van der Waals surface area contributed by atoms with Gasteiger partial charge in [0.2, 0.25) is 0 Å². The molecule has 0 saturated heterocycles. The maximum absolute atomic E-state index is 12.7. The van der Waals surface area contributed by atoms with Crippen LogP contribution in [0.5, 0.6) is 0 Å². The number of alkyl halides is 1. The average Bonchev–Trinajstić information content (AvgIpc) is 2.35. The Hall–Kier alpha value is -0.600. The van der Waals surface area contributed by atoms with Crippen molar-refractivity contribution in [1.82, 2.24) is 0 Å². The van der Waals surface area contributed by atoms with Crippen molar-refractivity contribution in [2.75, 3.05) is 19.1 Å². The van der Waals surface area contributed by atoms with Gasteiger partial charge in [-0.3, -0.25) is 0 Å². The molecule has 0 spiro atoms. The largest absolute Gasteiger partial charge is 0.381 e. The zero-order valence-electron chi connectivity index (χ0n) is 10.3. The lowest BCUT2D eigenvalue weighted by atomic mass is 9.98. The molecule has 0 fully saturated rings. The van der Waals surface area contributed by atoms with Crippen LogP contribution in [-0.2, 0) is 11.2 Å². The molecule has 96 valence electrons. The summed E-state index contributed by atoms with van der Waals surface area (Å²) < 4.78 is 18.2. The van der Waals surface area contributed by atoms with Crippen LogP contribution in [0.1, 0.15) is 25.3 Å². The van der Waals surface area contributed by atoms with Gasteiger partial charge in [0.1, 0.15) is 5.82 Å². The third-order valence-corrected chi connectivity index (χ3v) is 3.11. The molecular formula is C14H20ClFO. The third kappa shape index (κ3) is 6.04. The predicted octanol–water partition coefficient (Wildman–Crippen LogP) is 4.04. The van der Waals surface area contributed by atoms with Crippen LogP contribution in [0.4, 0.5) is 4.39 Å². The highest BCUT2D eigenvalue weighted by atomic mass is 35.5. The summed E-state index contributed by atoms with van der Waals surface area (Å²) in [6.07, 6.45) is 2.89. The average molecular weight is 259 g/mol.